The first kappa shape index (κ1) is 18.8. The van der Waals surface area contributed by atoms with Gasteiger partial charge in [-0.25, -0.2) is 9.78 Å². The van der Waals surface area contributed by atoms with E-state index in [4.69, 9.17) is 4.74 Å². The average molecular weight is 420 g/mol. The number of carbonyl (C=O) groups is 2. The van der Waals surface area contributed by atoms with Gasteiger partial charge in [-0.1, -0.05) is 48.5 Å². The Morgan fingerprint density at radius 2 is 1.73 bits per heavy atom. The molecular weight excluding hydrogens is 400 g/mol. The molecule has 1 aliphatic carbocycles. The van der Waals surface area contributed by atoms with Gasteiger partial charge in [0.05, 0.1) is 17.1 Å². The normalized spacial score (nSPS) is 20.1. The SMILES string of the molecule is O=C(O)C1CN(C(=O)OCC2c3ccccc3-c3ccccc32)CC1c1cscn1. The van der Waals surface area contributed by atoms with Crippen LogP contribution in [0.25, 0.3) is 11.1 Å². The van der Waals surface area contributed by atoms with Crippen molar-refractivity contribution < 1.29 is 19.4 Å². The lowest BCUT2D eigenvalue weighted by Gasteiger charge is -2.19. The van der Waals surface area contributed by atoms with Crippen molar-refractivity contribution in [3.63, 3.8) is 0 Å². The summed E-state index contributed by atoms with van der Waals surface area (Å²) >= 11 is 1.43. The van der Waals surface area contributed by atoms with Crippen LogP contribution in [0.15, 0.2) is 59.4 Å². The van der Waals surface area contributed by atoms with Gasteiger partial charge < -0.3 is 14.7 Å². The van der Waals surface area contributed by atoms with Crippen LogP contribution >= 0.6 is 11.3 Å². The van der Waals surface area contributed by atoms with E-state index in [1.54, 1.807) is 5.51 Å². The Balaban J connectivity index is 1.32. The molecule has 0 saturated carbocycles. The molecule has 1 aliphatic heterocycles. The molecule has 6 nitrogen and oxygen atoms in total. The van der Waals surface area contributed by atoms with E-state index in [0.717, 1.165) is 16.8 Å². The first-order valence-electron chi connectivity index (χ1n) is 9.84. The fraction of sp³-hybridized carbons (Fsp3) is 0.261. The summed E-state index contributed by atoms with van der Waals surface area (Å²) in [7, 11) is 0. The number of likely N-dealkylation sites (tertiary alicyclic amines) is 1. The minimum Gasteiger partial charge on any atom is -0.481 e. The van der Waals surface area contributed by atoms with Gasteiger partial charge in [0.2, 0.25) is 0 Å². The van der Waals surface area contributed by atoms with Gasteiger partial charge in [0.25, 0.3) is 0 Å². The van der Waals surface area contributed by atoms with E-state index in [0.29, 0.717) is 6.54 Å². The molecule has 30 heavy (non-hydrogen) atoms. The van der Waals surface area contributed by atoms with Crippen LogP contribution in [0.1, 0.15) is 28.7 Å². The van der Waals surface area contributed by atoms with Gasteiger partial charge in [-0.05, 0) is 22.3 Å². The van der Waals surface area contributed by atoms with E-state index in [1.807, 2.05) is 29.6 Å². The van der Waals surface area contributed by atoms with E-state index in [9.17, 15) is 14.7 Å². The molecule has 7 heteroatoms. The highest BCUT2D eigenvalue weighted by Crippen LogP contribution is 2.44. The fourth-order valence-electron chi connectivity index (χ4n) is 4.59. The number of amides is 1. The monoisotopic (exact) mass is 420 g/mol. The first-order chi connectivity index (χ1) is 14.6. The van der Waals surface area contributed by atoms with E-state index in [2.05, 4.69) is 29.2 Å². The molecule has 1 N–H and O–H groups in total. The summed E-state index contributed by atoms with van der Waals surface area (Å²) in [5, 5.41) is 11.4. The lowest BCUT2D eigenvalue weighted by atomic mass is 9.94. The number of aliphatic carboxylic acids is 1. The Morgan fingerprint density at radius 1 is 1.07 bits per heavy atom. The summed E-state index contributed by atoms with van der Waals surface area (Å²) in [5.74, 6) is -1.92. The zero-order chi connectivity index (χ0) is 20.7. The molecule has 2 heterocycles. The van der Waals surface area contributed by atoms with Crippen molar-refractivity contribution in [2.75, 3.05) is 19.7 Å². The molecule has 1 fully saturated rings. The summed E-state index contributed by atoms with van der Waals surface area (Å²) in [6.07, 6.45) is -0.471. The number of benzene rings is 2. The van der Waals surface area contributed by atoms with Gasteiger partial charge in [0, 0.05) is 30.3 Å². The molecule has 3 aromatic rings. The maximum absolute atomic E-state index is 12.8. The number of hydrogen-bond donors (Lipinski definition) is 1. The van der Waals surface area contributed by atoms with Gasteiger partial charge >= 0.3 is 12.1 Å². The molecule has 2 aromatic carbocycles. The Hall–Kier alpha value is -3.19. The number of fused-ring (bicyclic) bond motifs is 3. The van der Waals surface area contributed by atoms with Crippen molar-refractivity contribution in [3.05, 3.63) is 76.2 Å². The number of thiazole rings is 1. The molecule has 2 unspecified atom stereocenters. The summed E-state index contributed by atoms with van der Waals surface area (Å²) in [5.41, 5.74) is 7.05. The van der Waals surface area contributed by atoms with Crippen LogP contribution in [0, 0.1) is 5.92 Å². The highest BCUT2D eigenvalue weighted by molar-refractivity contribution is 7.07. The second-order valence-electron chi connectivity index (χ2n) is 7.67. The standard InChI is InChI=1S/C23H20N2O4S/c26-22(27)19-10-25(9-18(19)21-12-30-13-24-21)23(28)29-11-20-16-7-3-1-5-14(16)15-6-2-4-8-17(15)20/h1-8,12-13,18-20H,9-11H2,(H,26,27). The minimum atomic E-state index is -0.915. The number of ether oxygens (including phenoxy) is 1. The molecule has 0 radical (unpaired) electrons. The van der Waals surface area contributed by atoms with Crippen LogP contribution in [-0.4, -0.2) is 46.7 Å². The fourth-order valence-corrected chi connectivity index (χ4v) is 5.21. The number of carboxylic acids is 1. The van der Waals surface area contributed by atoms with E-state index < -0.39 is 18.0 Å². The Labute approximate surface area is 177 Å². The van der Waals surface area contributed by atoms with Crippen LogP contribution in [-0.2, 0) is 9.53 Å². The van der Waals surface area contributed by atoms with Crippen molar-refractivity contribution >= 4 is 23.4 Å². The molecule has 2 atom stereocenters. The lowest BCUT2D eigenvalue weighted by molar-refractivity contribution is -0.141. The molecule has 5 rings (SSSR count). The zero-order valence-electron chi connectivity index (χ0n) is 16.1. The molecule has 1 saturated heterocycles. The van der Waals surface area contributed by atoms with Crippen molar-refractivity contribution in [1.82, 2.24) is 9.88 Å². The number of rotatable bonds is 4. The van der Waals surface area contributed by atoms with Crippen molar-refractivity contribution in [3.8, 4) is 11.1 Å². The molecule has 1 amide bonds. The smallest absolute Gasteiger partial charge is 0.409 e. The maximum Gasteiger partial charge on any atom is 0.409 e. The summed E-state index contributed by atoms with van der Waals surface area (Å²) in [6, 6.07) is 16.3. The number of carbonyl (C=O) groups excluding carboxylic acids is 1. The summed E-state index contributed by atoms with van der Waals surface area (Å²) in [6.45, 7) is 0.661. The predicted molar refractivity (Wildman–Crippen MR) is 113 cm³/mol. The van der Waals surface area contributed by atoms with Gasteiger partial charge in [0.15, 0.2) is 0 Å². The maximum atomic E-state index is 12.8. The van der Waals surface area contributed by atoms with Crippen molar-refractivity contribution in [1.29, 1.82) is 0 Å². The number of aromatic nitrogens is 1. The summed E-state index contributed by atoms with van der Waals surface area (Å²) < 4.78 is 5.69. The minimum absolute atomic E-state index is 0.0199. The molecular formula is C23H20N2O4S. The van der Waals surface area contributed by atoms with Crippen molar-refractivity contribution in [2.24, 2.45) is 5.92 Å². The van der Waals surface area contributed by atoms with Crippen LogP contribution in [0.3, 0.4) is 0 Å². The van der Waals surface area contributed by atoms with Gasteiger partial charge in [0.1, 0.15) is 6.61 Å². The highest BCUT2D eigenvalue weighted by Gasteiger charge is 2.42. The third-order valence-electron chi connectivity index (χ3n) is 6.06. The largest absolute Gasteiger partial charge is 0.481 e. The van der Waals surface area contributed by atoms with E-state index in [1.165, 1.54) is 27.4 Å². The Morgan fingerprint density at radius 3 is 2.33 bits per heavy atom. The number of carboxylic acid groups (broad SMARTS) is 1. The molecule has 0 spiro atoms. The van der Waals surface area contributed by atoms with E-state index >= 15 is 0 Å². The lowest BCUT2D eigenvalue weighted by Crippen LogP contribution is -2.31. The molecule has 1 aromatic heterocycles. The highest BCUT2D eigenvalue weighted by atomic mass is 32.1. The molecule has 152 valence electrons. The van der Waals surface area contributed by atoms with Gasteiger partial charge in [-0.15, -0.1) is 11.3 Å². The first-order valence-corrected chi connectivity index (χ1v) is 10.8. The van der Waals surface area contributed by atoms with Crippen LogP contribution in [0.5, 0.6) is 0 Å². The third-order valence-corrected chi connectivity index (χ3v) is 6.67. The van der Waals surface area contributed by atoms with Gasteiger partial charge in [-0.2, -0.15) is 0 Å². The predicted octanol–water partition coefficient (Wildman–Crippen LogP) is 4.19. The second kappa shape index (κ2) is 7.57. The average Bonchev–Trinajstić information content (AvgIpc) is 3.49. The third kappa shape index (κ3) is 3.15. The number of nitrogens with zero attached hydrogens (tertiary/aromatic N) is 2. The molecule has 2 aliphatic rings. The van der Waals surface area contributed by atoms with Crippen LogP contribution in [0.2, 0.25) is 0 Å². The zero-order valence-corrected chi connectivity index (χ0v) is 16.9. The van der Waals surface area contributed by atoms with Crippen LogP contribution in [0.4, 0.5) is 4.79 Å². The van der Waals surface area contributed by atoms with E-state index in [-0.39, 0.29) is 25.0 Å². The Kier molecular flexibility index (Phi) is 4.75. The van der Waals surface area contributed by atoms with Gasteiger partial charge in [-0.3, -0.25) is 4.79 Å². The topological polar surface area (TPSA) is 79.7 Å². The molecule has 0 bridgehead atoms. The summed E-state index contributed by atoms with van der Waals surface area (Å²) in [4.78, 5) is 30.3. The van der Waals surface area contributed by atoms with Crippen molar-refractivity contribution in [2.45, 2.75) is 11.8 Å². The number of hydrogen-bond acceptors (Lipinski definition) is 5. The quantitative estimate of drug-likeness (QED) is 0.685. The van der Waals surface area contributed by atoms with Crippen LogP contribution < -0.4 is 0 Å². The Bertz CT molecular complexity index is 1050. The second-order valence-corrected chi connectivity index (χ2v) is 8.39.